The van der Waals surface area contributed by atoms with Gasteiger partial charge in [0, 0.05) is 0 Å². The number of carbonyl (C=O) groups excluding carboxylic acids is 1. The Labute approximate surface area is 89.6 Å². The maximum atomic E-state index is 11.6. The predicted octanol–water partition coefficient (Wildman–Crippen LogP) is 1.24. The summed E-state index contributed by atoms with van der Waals surface area (Å²) in [5.41, 5.74) is 0.687. The molecule has 0 aliphatic carbocycles. The van der Waals surface area contributed by atoms with Gasteiger partial charge in [0.1, 0.15) is 5.75 Å². The van der Waals surface area contributed by atoms with Crippen molar-refractivity contribution in [1.82, 2.24) is 5.32 Å². The highest BCUT2D eigenvalue weighted by atomic mass is 16.5. The molecule has 1 rings (SSSR count). The smallest absolute Gasteiger partial charge is 0.241 e. The fourth-order valence-electron chi connectivity index (χ4n) is 1.12. The summed E-state index contributed by atoms with van der Waals surface area (Å²) < 4.78 is 5.12. The van der Waals surface area contributed by atoms with Crippen LogP contribution in [0.1, 0.15) is 6.92 Å². The summed E-state index contributed by atoms with van der Waals surface area (Å²) in [6.45, 7) is 1.80. The molecular weight excluding hydrogens is 192 g/mol. The van der Waals surface area contributed by atoms with Crippen molar-refractivity contribution in [3.8, 4) is 5.75 Å². The number of amides is 1. The Balaban J connectivity index is 2.76. The first-order valence-electron chi connectivity index (χ1n) is 4.80. The number of carbonyl (C=O) groups is 1. The van der Waals surface area contributed by atoms with Gasteiger partial charge in [-0.3, -0.25) is 4.79 Å². The normalized spacial score (nSPS) is 11.9. The molecule has 0 bridgehead atoms. The van der Waals surface area contributed by atoms with Gasteiger partial charge in [0.25, 0.3) is 0 Å². The number of hydrogen-bond acceptors (Lipinski definition) is 3. The Morgan fingerprint density at radius 1 is 1.40 bits per heavy atom. The standard InChI is InChI=1S/C11H16N2O2/c1-8(12-2)11(14)13-9-6-4-5-7-10(9)15-3/h4-8,12H,1-3H3,(H,13,14)/t8-/m0/s1. The summed E-state index contributed by atoms with van der Waals surface area (Å²) in [7, 11) is 3.32. The average Bonchev–Trinajstić information content (AvgIpc) is 2.28. The number of para-hydroxylation sites is 2. The molecule has 1 aromatic carbocycles. The van der Waals surface area contributed by atoms with E-state index in [4.69, 9.17) is 4.74 Å². The summed E-state index contributed by atoms with van der Waals surface area (Å²) >= 11 is 0. The number of benzene rings is 1. The quantitative estimate of drug-likeness (QED) is 0.782. The van der Waals surface area contributed by atoms with E-state index >= 15 is 0 Å². The van der Waals surface area contributed by atoms with Crippen LogP contribution in [0.3, 0.4) is 0 Å². The van der Waals surface area contributed by atoms with Crippen molar-refractivity contribution in [2.75, 3.05) is 19.5 Å². The van der Waals surface area contributed by atoms with E-state index in [9.17, 15) is 4.79 Å². The van der Waals surface area contributed by atoms with Crippen molar-refractivity contribution in [1.29, 1.82) is 0 Å². The molecule has 1 atom stereocenters. The van der Waals surface area contributed by atoms with E-state index in [1.54, 1.807) is 33.2 Å². The van der Waals surface area contributed by atoms with Gasteiger partial charge < -0.3 is 15.4 Å². The molecular formula is C11H16N2O2. The van der Waals surface area contributed by atoms with Crippen molar-refractivity contribution in [3.63, 3.8) is 0 Å². The lowest BCUT2D eigenvalue weighted by atomic mass is 10.2. The third-order valence-electron chi connectivity index (χ3n) is 2.19. The van der Waals surface area contributed by atoms with Gasteiger partial charge in [-0.25, -0.2) is 0 Å². The first kappa shape index (κ1) is 11.5. The zero-order valence-corrected chi connectivity index (χ0v) is 9.20. The second-order valence-electron chi connectivity index (χ2n) is 3.20. The summed E-state index contributed by atoms with van der Waals surface area (Å²) in [4.78, 5) is 11.6. The van der Waals surface area contributed by atoms with Crippen LogP contribution in [0.4, 0.5) is 5.69 Å². The van der Waals surface area contributed by atoms with Crippen molar-refractivity contribution in [2.24, 2.45) is 0 Å². The van der Waals surface area contributed by atoms with E-state index in [1.165, 1.54) is 0 Å². The second-order valence-corrected chi connectivity index (χ2v) is 3.20. The van der Waals surface area contributed by atoms with E-state index in [2.05, 4.69) is 10.6 Å². The minimum atomic E-state index is -0.227. The zero-order chi connectivity index (χ0) is 11.3. The third kappa shape index (κ3) is 2.95. The van der Waals surface area contributed by atoms with Crippen molar-refractivity contribution < 1.29 is 9.53 Å². The van der Waals surface area contributed by atoms with Crippen molar-refractivity contribution in [3.05, 3.63) is 24.3 Å². The highest BCUT2D eigenvalue weighted by Crippen LogP contribution is 2.22. The third-order valence-corrected chi connectivity index (χ3v) is 2.19. The molecule has 0 unspecified atom stereocenters. The molecule has 0 fully saturated rings. The molecule has 1 aromatic rings. The predicted molar refractivity (Wildman–Crippen MR) is 60.1 cm³/mol. The van der Waals surface area contributed by atoms with Gasteiger partial charge in [0.05, 0.1) is 18.8 Å². The Kier molecular flexibility index (Phi) is 4.12. The molecule has 0 saturated heterocycles. The molecule has 15 heavy (non-hydrogen) atoms. The van der Waals surface area contributed by atoms with Crippen LogP contribution in [0.15, 0.2) is 24.3 Å². The molecule has 2 N–H and O–H groups in total. The fraction of sp³-hybridized carbons (Fsp3) is 0.364. The van der Waals surface area contributed by atoms with E-state index in [-0.39, 0.29) is 11.9 Å². The number of nitrogens with one attached hydrogen (secondary N) is 2. The number of methoxy groups -OCH3 is 1. The van der Waals surface area contributed by atoms with Crippen molar-refractivity contribution in [2.45, 2.75) is 13.0 Å². The Hall–Kier alpha value is -1.55. The minimum absolute atomic E-state index is 0.0815. The second kappa shape index (κ2) is 5.36. The number of rotatable bonds is 4. The van der Waals surface area contributed by atoms with Crippen LogP contribution in [0.2, 0.25) is 0 Å². The number of likely N-dealkylation sites (N-methyl/N-ethyl adjacent to an activating group) is 1. The molecule has 0 aliphatic heterocycles. The van der Waals surface area contributed by atoms with Gasteiger partial charge in [-0.05, 0) is 26.1 Å². The van der Waals surface area contributed by atoms with Gasteiger partial charge in [-0.15, -0.1) is 0 Å². The molecule has 4 nitrogen and oxygen atoms in total. The largest absolute Gasteiger partial charge is 0.495 e. The molecule has 0 radical (unpaired) electrons. The number of anilines is 1. The zero-order valence-electron chi connectivity index (χ0n) is 9.20. The monoisotopic (exact) mass is 208 g/mol. The maximum absolute atomic E-state index is 11.6. The molecule has 0 aromatic heterocycles. The molecule has 82 valence electrons. The molecule has 0 spiro atoms. The molecule has 0 heterocycles. The highest BCUT2D eigenvalue weighted by Gasteiger charge is 2.11. The van der Waals surface area contributed by atoms with E-state index in [0.29, 0.717) is 11.4 Å². The Morgan fingerprint density at radius 2 is 2.07 bits per heavy atom. The van der Waals surface area contributed by atoms with Gasteiger partial charge in [0.15, 0.2) is 0 Å². The number of ether oxygens (including phenoxy) is 1. The van der Waals surface area contributed by atoms with E-state index < -0.39 is 0 Å². The highest BCUT2D eigenvalue weighted by molar-refractivity contribution is 5.95. The molecule has 1 amide bonds. The topological polar surface area (TPSA) is 50.4 Å². The van der Waals surface area contributed by atoms with E-state index in [1.807, 2.05) is 12.1 Å². The summed E-state index contributed by atoms with van der Waals surface area (Å²) in [6, 6.07) is 7.09. The minimum Gasteiger partial charge on any atom is -0.495 e. The fourth-order valence-corrected chi connectivity index (χ4v) is 1.12. The SMILES string of the molecule is CN[C@@H](C)C(=O)Nc1ccccc1OC. The van der Waals surface area contributed by atoms with Crippen LogP contribution in [0.5, 0.6) is 5.75 Å². The summed E-state index contributed by atoms with van der Waals surface area (Å²) in [5, 5.41) is 5.66. The van der Waals surface area contributed by atoms with Crippen LogP contribution < -0.4 is 15.4 Å². The van der Waals surface area contributed by atoms with Crippen LogP contribution in [-0.2, 0) is 4.79 Å². The first-order chi connectivity index (χ1) is 7.19. The van der Waals surface area contributed by atoms with Crippen molar-refractivity contribution >= 4 is 11.6 Å². The van der Waals surface area contributed by atoms with Crippen LogP contribution in [0, 0.1) is 0 Å². The van der Waals surface area contributed by atoms with Crippen LogP contribution in [-0.4, -0.2) is 26.1 Å². The Morgan fingerprint density at radius 3 is 2.67 bits per heavy atom. The lowest BCUT2D eigenvalue weighted by molar-refractivity contribution is -0.117. The van der Waals surface area contributed by atoms with Crippen LogP contribution >= 0.6 is 0 Å². The molecule has 4 heteroatoms. The van der Waals surface area contributed by atoms with Gasteiger partial charge in [-0.1, -0.05) is 12.1 Å². The molecule has 0 saturated carbocycles. The lowest BCUT2D eigenvalue weighted by Gasteiger charge is -2.13. The maximum Gasteiger partial charge on any atom is 0.241 e. The average molecular weight is 208 g/mol. The van der Waals surface area contributed by atoms with E-state index in [0.717, 1.165) is 0 Å². The summed E-state index contributed by atoms with van der Waals surface area (Å²) in [6.07, 6.45) is 0. The summed E-state index contributed by atoms with van der Waals surface area (Å²) in [5.74, 6) is 0.580. The van der Waals surface area contributed by atoms with Gasteiger partial charge >= 0.3 is 0 Å². The Bertz CT molecular complexity index is 339. The molecule has 0 aliphatic rings. The van der Waals surface area contributed by atoms with Gasteiger partial charge in [0.2, 0.25) is 5.91 Å². The van der Waals surface area contributed by atoms with Crippen LogP contribution in [0.25, 0.3) is 0 Å². The van der Waals surface area contributed by atoms with Gasteiger partial charge in [-0.2, -0.15) is 0 Å². The number of hydrogen-bond donors (Lipinski definition) is 2. The lowest BCUT2D eigenvalue weighted by Crippen LogP contribution is -2.35. The first-order valence-corrected chi connectivity index (χ1v) is 4.80.